The number of aromatic nitrogens is 2. The molecule has 0 fully saturated rings. The third kappa shape index (κ3) is 3.92. The molecule has 4 aromatic carbocycles. The largest absolute Gasteiger partial charge is 0.248 e. The molecule has 0 saturated heterocycles. The number of fused-ring (bicyclic) bond motifs is 6. The molecule has 0 spiro atoms. The topological polar surface area (TPSA) is 25.8 Å². The van der Waals surface area contributed by atoms with E-state index < -0.39 is 0 Å². The maximum atomic E-state index is 4.38. The van der Waals surface area contributed by atoms with Gasteiger partial charge in [0, 0.05) is 34.4 Å². The van der Waals surface area contributed by atoms with Crippen molar-refractivity contribution in [1.29, 1.82) is 0 Å². The van der Waals surface area contributed by atoms with Crippen LogP contribution in [0.15, 0.2) is 109 Å². The molecule has 2 aromatic heterocycles. The predicted molar refractivity (Wildman–Crippen MR) is 180 cm³/mol. The minimum Gasteiger partial charge on any atom is -0.248 e. The fourth-order valence-corrected chi connectivity index (χ4v) is 7.17. The van der Waals surface area contributed by atoms with Crippen LogP contribution in [0.4, 0.5) is 0 Å². The highest BCUT2D eigenvalue weighted by atomic mass is 14.6. The number of hydrogen-bond acceptors (Lipinski definition) is 2. The van der Waals surface area contributed by atoms with Crippen molar-refractivity contribution in [2.75, 3.05) is 0 Å². The molecule has 8 rings (SSSR count). The lowest BCUT2D eigenvalue weighted by Gasteiger charge is -2.36. The Bertz CT molecular complexity index is 2270. The van der Waals surface area contributed by atoms with E-state index in [0.29, 0.717) is 0 Å². The quantitative estimate of drug-likeness (QED) is 0.173. The van der Waals surface area contributed by atoms with Gasteiger partial charge in [-0.3, -0.25) is 0 Å². The summed E-state index contributed by atoms with van der Waals surface area (Å²) in [5.41, 5.74) is 13.8. The van der Waals surface area contributed by atoms with Crippen molar-refractivity contribution in [2.24, 2.45) is 0 Å². The van der Waals surface area contributed by atoms with Gasteiger partial charge in [-0.2, -0.15) is 0 Å². The zero-order valence-corrected chi connectivity index (χ0v) is 25.3. The second-order valence-electron chi connectivity index (χ2n) is 12.8. The van der Waals surface area contributed by atoms with E-state index in [-0.39, 0.29) is 10.8 Å². The van der Waals surface area contributed by atoms with Gasteiger partial charge in [0.05, 0.1) is 0 Å². The summed E-state index contributed by atoms with van der Waals surface area (Å²) in [5, 5.41) is 2.69. The second-order valence-corrected chi connectivity index (χ2v) is 12.8. The van der Waals surface area contributed by atoms with E-state index in [4.69, 9.17) is 0 Å². The first-order chi connectivity index (χ1) is 21.3. The number of benzene rings is 4. The van der Waals surface area contributed by atoms with Crippen molar-refractivity contribution in [3.8, 4) is 45.9 Å². The molecular formula is C42H30N2. The molecule has 2 heterocycles. The number of pyridine rings is 2. The smallest absolute Gasteiger partial charge is 0.113 e. The Morgan fingerprint density at radius 2 is 1.07 bits per heavy atom. The third-order valence-electron chi connectivity index (χ3n) is 9.45. The van der Waals surface area contributed by atoms with Crippen LogP contribution in [0.3, 0.4) is 0 Å². The highest BCUT2D eigenvalue weighted by Gasteiger charge is 2.40. The van der Waals surface area contributed by atoms with Gasteiger partial charge in [0.1, 0.15) is 11.4 Å². The van der Waals surface area contributed by atoms with E-state index in [1.165, 1.54) is 55.3 Å². The van der Waals surface area contributed by atoms with Gasteiger partial charge in [-0.1, -0.05) is 82.0 Å². The lowest BCUT2D eigenvalue weighted by molar-refractivity contribution is 0.643. The number of nitrogens with zero attached hydrogens (tertiary/aromatic N) is 2. The fraction of sp³-hybridized carbons (Fsp3) is 0.143. The Morgan fingerprint density at radius 3 is 1.68 bits per heavy atom. The Kier molecular flexibility index (Phi) is 5.68. The van der Waals surface area contributed by atoms with Crippen molar-refractivity contribution in [1.82, 2.24) is 9.97 Å². The first-order valence-corrected chi connectivity index (χ1v) is 15.1. The van der Waals surface area contributed by atoms with Crippen molar-refractivity contribution in [3.63, 3.8) is 0 Å². The van der Waals surface area contributed by atoms with Crippen molar-refractivity contribution in [3.05, 3.63) is 154 Å². The van der Waals surface area contributed by atoms with Crippen LogP contribution in [0.25, 0.3) is 33.0 Å². The van der Waals surface area contributed by atoms with Crippen LogP contribution in [0.2, 0.25) is 0 Å². The van der Waals surface area contributed by atoms with Crippen LogP contribution >= 0.6 is 0 Å². The number of rotatable bonds is 0. The van der Waals surface area contributed by atoms with E-state index in [1.807, 2.05) is 36.4 Å². The zero-order valence-electron chi connectivity index (χ0n) is 25.3. The van der Waals surface area contributed by atoms with Crippen LogP contribution in [-0.4, -0.2) is 9.97 Å². The standard InChI is InChI=1S/C42H30N2/c1-41(2)35-13-9-12-33-39-32-21-17-28(15-19-30-11-6-8-23-44-30)25-37(32)42(3,4)38(39)26-34(40(33)35)31-20-16-27(24-36(31)41)14-18-29-10-5-7-22-43-29/h5-13,16-17,20-26H,1-4H3. The summed E-state index contributed by atoms with van der Waals surface area (Å²) < 4.78 is 0. The maximum Gasteiger partial charge on any atom is 0.113 e. The molecule has 0 saturated carbocycles. The van der Waals surface area contributed by atoms with Crippen molar-refractivity contribution < 1.29 is 0 Å². The molecule has 2 nitrogen and oxygen atoms in total. The molecule has 0 unspecified atom stereocenters. The van der Waals surface area contributed by atoms with E-state index >= 15 is 0 Å². The molecule has 0 amide bonds. The van der Waals surface area contributed by atoms with Gasteiger partial charge < -0.3 is 0 Å². The summed E-state index contributed by atoms with van der Waals surface area (Å²) in [6.45, 7) is 9.38. The average Bonchev–Trinajstić information content (AvgIpc) is 3.28. The molecule has 2 heteroatoms. The predicted octanol–water partition coefficient (Wildman–Crippen LogP) is 9.04. The van der Waals surface area contributed by atoms with Gasteiger partial charge in [-0.05, 0) is 122 Å². The van der Waals surface area contributed by atoms with Crippen molar-refractivity contribution in [2.45, 2.75) is 38.5 Å². The summed E-state index contributed by atoms with van der Waals surface area (Å²) in [6, 6.07) is 34.4. The maximum absolute atomic E-state index is 4.38. The minimum atomic E-state index is -0.180. The number of hydrogen-bond donors (Lipinski definition) is 0. The van der Waals surface area contributed by atoms with Gasteiger partial charge in [0.15, 0.2) is 0 Å². The molecule has 2 aliphatic carbocycles. The van der Waals surface area contributed by atoms with Crippen molar-refractivity contribution >= 4 is 10.8 Å². The van der Waals surface area contributed by atoms with Gasteiger partial charge >= 0.3 is 0 Å². The Morgan fingerprint density at radius 1 is 0.477 bits per heavy atom. The normalized spacial score (nSPS) is 14.4. The van der Waals surface area contributed by atoms with Crippen LogP contribution in [0.1, 0.15) is 72.5 Å². The molecule has 0 aliphatic heterocycles. The molecule has 208 valence electrons. The molecular weight excluding hydrogens is 532 g/mol. The Hall–Kier alpha value is -5.44. The summed E-state index contributed by atoms with van der Waals surface area (Å²) in [4.78, 5) is 8.75. The van der Waals surface area contributed by atoms with Crippen LogP contribution in [0, 0.1) is 23.7 Å². The SMILES string of the molecule is CC1(C)c2cc(C#Cc3ccccn3)ccc2-c2c1cc1c3c(cccc23)C(C)(C)c2cc(C#Cc3ccccn3)ccc2-1. The highest BCUT2D eigenvalue weighted by molar-refractivity contribution is 6.12. The molecule has 0 bridgehead atoms. The first kappa shape index (κ1) is 26.2. The lowest BCUT2D eigenvalue weighted by atomic mass is 9.67. The lowest BCUT2D eigenvalue weighted by Crippen LogP contribution is -2.24. The first-order valence-electron chi connectivity index (χ1n) is 15.1. The fourth-order valence-electron chi connectivity index (χ4n) is 7.17. The molecule has 44 heavy (non-hydrogen) atoms. The molecule has 0 N–H and O–H groups in total. The summed E-state index contributed by atoms with van der Waals surface area (Å²) in [6.07, 6.45) is 3.57. The second kappa shape index (κ2) is 9.54. The van der Waals surface area contributed by atoms with Gasteiger partial charge in [-0.15, -0.1) is 0 Å². The monoisotopic (exact) mass is 562 g/mol. The molecule has 0 atom stereocenters. The highest BCUT2D eigenvalue weighted by Crippen LogP contribution is 2.57. The average molecular weight is 563 g/mol. The molecule has 6 aromatic rings. The van der Waals surface area contributed by atoms with Crippen LogP contribution < -0.4 is 0 Å². The summed E-state index contributed by atoms with van der Waals surface area (Å²) >= 11 is 0. The van der Waals surface area contributed by atoms with Gasteiger partial charge in [0.2, 0.25) is 0 Å². The summed E-state index contributed by atoms with van der Waals surface area (Å²) in [7, 11) is 0. The van der Waals surface area contributed by atoms with E-state index in [9.17, 15) is 0 Å². The van der Waals surface area contributed by atoms with E-state index in [0.717, 1.165) is 22.5 Å². The molecule has 2 aliphatic rings. The van der Waals surface area contributed by atoms with Gasteiger partial charge in [0.25, 0.3) is 0 Å². The zero-order chi connectivity index (χ0) is 30.1. The van der Waals surface area contributed by atoms with E-state index in [2.05, 4.69) is 122 Å². The Balaban J connectivity index is 1.30. The summed E-state index contributed by atoms with van der Waals surface area (Å²) in [5.74, 6) is 13.2. The Labute approximate surface area is 258 Å². The van der Waals surface area contributed by atoms with E-state index in [1.54, 1.807) is 12.4 Å². The molecule has 0 radical (unpaired) electrons. The van der Waals surface area contributed by atoms with Gasteiger partial charge in [-0.25, -0.2) is 9.97 Å². The van der Waals surface area contributed by atoms with Crippen LogP contribution in [-0.2, 0) is 10.8 Å². The van der Waals surface area contributed by atoms with Crippen LogP contribution in [0.5, 0.6) is 0 Å². The third-order valence-corrected chi connectivity index (χ3v) is 9.45. The minimum absolute atomic E-state index is 0.171.